The lowest BCUT2D eigenvalue weighted by Crippen LogP contribution is -2.47. The van der Waals surface area contributed by atoms with E-state index in [0.29, 0.717) is 0 Å². The van der Waals surface area contributed by atoms with Gasteiger partial charge in [0.1, 0.15) is 11.8 Å². The lowest BCUT2D eigenvalue weighted by molar-refractivity contribution is -0.145. The third kappa shape index (κ3) is 6.13. The van der Waals surface area contributed by atoms with E-state index < -0.39 is 42.2 Å². The Balaban J connectivity index is 2.03. The fourth-order valence-corrected chi connectivity index (χ4v) is 10.5. The van der Waals surface area contributed by atoms with Gasteiger partial charge in [-0.1, -0.05) is 152 Å². The maximum absolute atomic E-state index is 14.6. The van der Waals surface area contributed by atoms with Gasteiger partial charge in [0.2, 0.25) is 0 Å². The van der Waals surface area contributed by atoms with E-state index in [1.54, 1.807) is 60.7 Å². The number of carbonyl (C=O) groups is 4. The Labute approximate surface area is 268 Å². The molecular formula is C39H33O6P. The molecule has 5 aromatic rings. The standard InChI is InChI=1S/C39H33O6P/c1-44-38(42)34(33(35(40)28-18-8-3-9-19-28)36(41)29-20-10-4-11-21-29)37(39(43)45-2)46(30-22-12-5-13-23-30,31-24-14-6-15-25-31)32-26-16-7-17-27-32/h3-27,33-34H,1-2H3. The summed E-state index contributed by atoms with van der Waals surface area (Å²) >= 11 is 0. The van der Waals surface area contributed by atoms with Crippen LogP contribution in [0.2, 0.25) is 0 Å². The number of benzene rings is 5. The molecule has 0 aromatic heterocycles. The van der Waals surface area contributed by atoms with Crippen molar-refractivity contribution in [2.24, 2.45) is 11.8 Å². The minimum absolute atomic E-state index is 0.0102. The third-order valence-electron chi connectivity index (χ3n) is 7.95. The van der Waals surface area contributed by atoms with Crippen LogP contribution < -0.4 is 15.9 Å². The molecule has 0 bridgehead atoms. The molecule has 1 unspecified atom stereocenters. The van der Waals surface area contributed by atoms with Gasteiger partial charge in [-0.05, 0) is 22.8 Å². The Morgan fingerprint density at radius 2 is 0.783 bits per heavy atom. The van der Waals surface area contributed by atoms with Gasteiger partial charge in [-0.15, -0.1) is 0 Å². The van der Waals surface area contributed by atoms with E-state index in [9.17, 15) is 19.2 Å². The second-order valence-corrected chi connectivity index (χ2v) is 13.9. The second kappa shape index (κ2) is 14.6. The van der Waals surface area contributed by atoms with Gasteiger partial charge in [0.25, 0.3) is 0 Å². The zero-order valence-electron chi connectivity index (χ0n) is 25.5. The fourth-order valence-electron chi connectivity index (χ4n) is 5.91. The van der Waals surface area contributed by atoms with Gasteiger partial charge in [0, 0.05) is 11.1 Å². The fraction of sp³-hybridized carbons (Fsp3) is 0.103. The average Bonchev–Trinajstić information content (AvgIpc) is 3.14. The van der Waals surface area contributed by atoms with E-state index >= 15 is 0 Å². The molecule has 0 fully saturated rings. The lowest BCUT2D eigenvalue weighted by Gasteiger charge is -2.36. The monoisotopic (exact) mass is 628 g/mol. The Bertz CT molecular complexity index is 1720. The molecule has 0 aliphatic heterocycles. The van der Waals surface area contributed by atoms with Crippen molar-refractivity contribution in [1.29, 1.82) is 0 Å². The molecule has 5 aromatic carbocycles. The predicted octanol–water partition coefficient (Wildman–Crippen LogP) is 5.50. The molecular weight excluding hydrogens is 595 g/mol. The number of ketones is 2. The van der Waals surface area contributed by atoms with E-state index in [1.165, 1.54) is 14.2 Å². The van der Waals surface area contributed by atoms with Crippen LogP contribution in [0.25, 0.3) is 0 Å². The van der Waals surface area contributed by atoms with Crippen molar-refractivity contribution in [3.63, 3.8) is 0 Å². The van der Waals surface area contributed by atoms with Crippen LogP contribution in [0.4, 0.5) is 0 Å². The maximum Gasteiger partial charge on any atom is 0.335 e. The van der Waals surface area contributed by atoms with E-state index in [0.717, 1.165) is 15.9 Å². The van der Waals surface area contributed by atoms with Gasteiger partial charge in [-0.25, -0.2) is 4.79 Å². The SMILES string of the molecule is COC(=O)C(C(C(=O)OC)C(C(=O)c1ccccc1)C(=O)c1ccccc1)=P(c1ccccc1)(c1ccccc1)c1ccccc1. The highest BCUT2D eigenvalue weighted by Gasteiger charge is 2.49. The summed E-state index contributed by atoms with van der Waals surface area (Å²) in [5.74, 6) is -6.23. The van der Waals surface area contributed by atoms with Gasteiger partial charge in [-0.3, -0.25) is 14.4 Å². The van der Waals surface area contributed by atoms with Crippen LogP contribution in [-0.2, 0) is 19.1 Å². The summed E-state index contributed by atoms with van der Waals surface area (Å²) in [6.45, 7) is -3.34. The van der Waals surface area contributed by atoms with Crippen LogP contribution in [0.5, 0.6) is 0 Å². The lowest BCUT2D eigenvalue weighted by atomic mass is 9.78. The summed E-state index contributed by atoms with van der Waals surface area (Å²) in [5, 5.41) is 2.20. The Kier molecular flexibility index (Phi) is 10.2. The number of hydrogen-bond donors (Lipinski definition) is 0. The summed E-state index contributed by atoms with van der Waals surface area (Å²) in [6, 6.07) is 44.8. The van der Waals surface area contributed by atoms with Crippen LogP contribution in [0, 0.1) is 11.8 Å². The highest BCUT2D eigenvalue weighted by molar-refractivity contribution is 7.96. The molecule has 230 valence electrons. The number of Topliss-reactive ketones (excluding diaryl/α,β-unsaturated/α-hetero) is 2. The van der Waals surface area contributed by atoms with Crippen LogP contribution in [0.1, 0.15) is 20.7 Å². The number of methoxy groups -OCH3 is 2. The molecule has 0 aliphatic carbocycles. The zero-order valence-corrected chi connectivity index (χ0v) is 26.4. The summed E-state index contributed by atoms with van der Waals surface area (Å²) in [7, 11) is 2.42. The number of rotatable bonds is 11. The minimum atomic E-state index is -3.34. The highest BCUT2D eigenvalue weighted by atomic mass is 31.2. The third-order valence-corrected chi connectivity index (χ3v) is 12.4. The molecule has 46 heavy (non-hydrogen) atoms. The molecule has 0 saturated heterocycles. The van der Waals surface area contributed by atoms with Gasteiger partial charge in [0.15, 0.2) is 11.6 Å². The molecule has 0 radical (unpaired) electrons. The van der Waals surface area contributed by atoms with Crippen molar-refractivity contribution in [2.75, 3.05) is 14.2 Å². The summed E-state index contributed by atoms with van der Waals surface area (Å²) in [5.41, 5.74) is 0.441. The number of hydrogen-bond acceptors (Lipinski definition) is 6. The van der Waals surface area contributed by atoms with E-state index in [1.807, 2.05) is 91.0 Å². The number of carbonyl (C=O) groups excluding carboxylic acids is 4. The topological polar surface area (TPSA) is 86.7 Å². The van der Waals surface area contributed by atoms with E-state index in [4.69, 9.17) is 9.47 Å². The van der Waals surface area contributed by atoms with Crippen LogP contribution in [0.3, 0.4) is 0 Å². The van der Waals surface area contributed by atoms with Gasteiger partial charge < -0.3 is 9.47 Å². The summed E-state index contributed by atoms with van der Waals surface area (Å²) in [4.78, 5) is 58.0. The van der Waals surface area contributed by atoms with Crippen LogP contribution >= 0.6 is 6.89 Å². The predicted molar refractivity (Wildman–Crippen MR) is 183 cm³/mol. The van der Waals surface area contributed by atoms with Crippen molar-refractivity contribution >= 4 is 51.6 Å². The Morgan fingerprint density at radius 1 is 0.457 bits per heavy atom. The molecule has 0 N–H and O–H groups in total. The van der Waals surface area contributed by atoms with Crippen LogP contribution in [-0.4, -0.2) is 43.0 Å². The van der Waals surface area contributed by atoms with Gasteiger partial charge in [-0.2, -0.15) is 0 Å². The van der Waals surface area contributed by atoms with E-state index in [-0.39, 0.29) is 16.4 Å². The Hall–Kier alpha value is -5.32. The highest BCUT2D eigenvalue weighted by Crippen LogP contribution is 2.49. The largest absolute Gasteiger partial charge is 0.469 e. The molecule has 0 heterocycles. The van der Waals surface area contributed by atoms with Gasteiger partial charge in [0.05, 0.1) is 19.5 Å². The first-order valence-corrected chi connectivity index (χ1v) is 16.5. The van der Waals surface area contributed by atoms with Gasteiger partial charge >= 0.3 is 11.9 Å². The van der Waals surface area contributed by atoms with Crippen LogP contribution in [0.15, 0.2) is 152 Å². The van der Waals surface area contributed by atoms with E-state index in [2.05, 4.69) is 0 Å². The van der Waals surface area contributed by atoms with Crippen molar-refractivity contribution < 1.29 is 28.7 Å². The molecule has 0 spiro atoms. The van der Waals surface area contributed by atoms with Crippen molar-refractivity contribution in [3.8, 4) is 0 Å². The van der Waals surface area contributed by atoms with Crippen molar-refractivity contribution in [1.82, 2.24) is 0 Å². The molecule has 0 aliphatic rings. The number of esters is 2. The molecule has 0 saturated carbocycles. The second-order valence-electron chi connectivity index (χ2n) is 10.5. The average molecular weight is 629 g/mol. The maximum atomic E-state index is 14.6. The minimum Gasteiger partial charge on any atom is -0.469 e. The molecule has 6 nitrogen and oxygen atoms in total. The molecule has 7 heteroatoms. The molecule has 0 amide bonds. The first kappa shape index (κ1) is 32.1. The zero-order chi connectivity index (χ0) is 32.5. The van der Waals surface area contributed by atoms with Crippen molar-refractivity contribution in [3.05, 3.63) is 163 Å². The first-order chi connectivity index (χ1) is 22.4. The van der Waals surface area contributed by atoms with Crippen molar-refractivity contribution in [2.45, 2.75) is 0 Å². The summed E-state index contributed by atoms with van der Waals surface area (Å²) in [6.07, 6.45) is 0. The quantitative estimate of drug-likeness (QED) is 0.0832. The molecule has 1 atom stereocenters. The normalized spacial score (nSPS) is 11.7. The first-order valence-electron chi connectivity index (χ1n) is 14.7. The summed E-state index contributed by atoms with van der Waals surface area (Å²) < 4.78 is 10.9. The Morgan fingerprint density at radius 3 is 1.09 bits per heavy atom. The smallest absolute Gasteiger partial charge is 0.335 e. The number of ether oxygens (including phenoxy) is 2. The molecule has 5 rings (SSSR count).